The van der Waals surface area contributed by atoms with Gasteiger partial charge in [-0.3, -0.25) is 0 Å². The maximum absolute atomic E-state index is 6.66. The van der Waals surface area contributed by atoms with Crippen LogP contribution in [0.1, 0.15) is 55.4 Å². The van der Waals surface area contributed by atoms with Crippen LogP contribution in [0.25, 0.3) is 0 Å². The van der Waals surface area contributed by atoms with E-state index in [-0.39, 0.29) is 6.10 Å². The van der Waals surface area contributed by atoms with Crippen LogP contribution in [0.3, 0.4) is 0 Å². The van der Waals surface area contributed by atoms with Gasteiger partial charge in [0.05, 0.1) is 24.9 Å². The molecule has 1 aliphatic heterocycles. The van der Waals surface area contributed by atoms with Crippen LogP contribution in [0.5, 0.6) is 0 Å². The minimum absolute atomic E-state index is 0.128. The van der Waals surface area contributed by atoms with Crippen molar-refractivity contribution in [3.05, 3.63) is 0 Å². The molecule has 1 heterocycles. The summed E-state index contributed by atoms with van der Waals surface area (Å²) in [5.41, 5.74) is 1.84. The molecule has 1 saturated heterocycles. The smallest absolute Gasteiger partial charge is 0.200 e. The molecule has 0 aliphatic carbocycles. The predicted octanol–water partition coefficient (Wildman–Crippen LogP) is 4.62. The zero-order valence-corrected chi connectivity index (χ0v) is 16.5. The Morgan fingerprint density at radius 2 is 1.38 bits per heavy atom. The zero-order chi connectivity index (χ0) is 16.4. The molecule has 4 heteroatoms. The molecule has 21 heavy (non-hydrogen) atoms. The highest BCUT2D eigenvalue weighted by Gasteiger charge is 2.47. The number of ether oxygens (including phenoxy) is 2. The van der Waals surface area contributed by atoms with Crippen LogP contribution in [0, 0.1) is 5.92 Å². The molecule has 0 spiro atoms. The number of epoxide rings is 1. The van der Waals surface area contributed by atoms with Crippen LogP contribution in [-0.4, -0.2) is 40.3 Å². The van der Waals surface area contributed by atoms with Crippen LogP contribution in [0.15, 0.2) is 0 Å². The summed E-state index contributed by atoms with van der Waals surface area (Å²) in [5.74, 6) is 0.392. The maximum Gasteiger partial charge on any atom is 0.200 e. The van der Waals surface area contributed by atoms with Gasteiger partial charge in [-0.2, -0.15) is 0 Å². The number of hydrogen-bond acceptors (Lipinski definition) is 3. The standard InChI is InChI=1S/C17H36O3Si/c1-11(2)21(12(3)4,13(5)6)19-10-16(18-9)14(7)17-15(8)20-17/h11-17H,10H2,1-9H3/t14-,15-,16+,17-/m1/s1. The van der Waals surface area contributed by atoms with Crippen LogP contribution in [0.2, 0.25) is 16.6 Å². The fourth-order valence-corrected chi connectivity index (χ4v) is 9.58. The lowest BCUT2D eigenvalue weighted by atomic mass is 10.00. The van der Waals surface area contributed by atoms with Gasteiger partial charge in [0, 0.05) is 13.0 Å². The summed E-state index contributed by atoms with van der Waals surface area (Å²) in [5, 5.41) is 0. The van der Waals surface area contributed by atoms with Gasteiger partial charge < -0.3 is 13.9 Å². The second-order valence-corrected chi connectivity index (χ2v) is 13.0. The topological polar surface area (TPSA) is 31.0 Å². The Bertz CT molecular complexity index is 295. The molecular formula is C17H36O3Si. The lowest BCUT2D eigenvalue weighted by molar-refractivity contribution is 0.00733. The second kappa shape index (κ2) is 7.58. The summed E-state index contributed by atoms with van der Waals surface area (Å²) >= 11 is 0. The molecule has 0 saturated carbocycles. The summed E-state index contributed by atoms with van der Waals surface area (Å²) < 4.78 is 18.0. The molecule has 0 bridgehead atoms. The molecule has 1 rings (SSSR count). The first-order chi connectivity index (χ1) is 9.68. The third-order valence-electron chi connectivity index (χ3n) is 5.37. The first-order valence-electron chi connectivity index (χ1n) is 8.50. The normalized spacial score (nSPS) is 25.7. The summed E-state index contributed by atoms with van der Waals surface area (Å²) in [6.07, 6.45) is 0.842. The Morgan fingerprint density at radius 1 is 0.952 bits per heavy atom. The Kier molecular flexibility index (Phi) is 6.91. The van der Waals surface area contributed by atoms with Crippen LogP contribution in [-0.2, 0) is 13.9 Å². The largest absolute Gasteiger partial charge is 0.413 e. The van der Waals surface area contributed by atoms with E-state index in [2.05, 4.69) is 55.4 Å². The quantitative estimate of drug-likeness (QED) is 0.459. The Morgan fingerprint density at radius 3 is 1.67 bits per heavy atom. The van der Waals surface area contributed by atoms with Gasteiger partial charge in [0.2, 0.25) is 0 Å². The van der Waals surface area contributed by atoms with E-state index >= 15 is 0 Å². The summed E-state index contributed by atoms with van der Waals surface area (Å²) in [4.78, 5) is 0. The lowest BCUT2D eigenvalue weighted by Gasteiger charge is -2.43. The second-order valence-electron chi connectivity index (χ2n) is 7.57. The average Bonchev–Trinajstić information content (AvgIpc) is 3.10. The number of hydrogen-bond donors (Lipinski definition) is 0. The van der Waals surface area contributed by atoms with E-state index in [1.165, 1.54) is 0 Å². The summed E-state index contributed by atoms with van der Waals surface area (Å²) in [7, 11) is -0.0121. The predicted molar refractivity (Wildman–Crippen MR) is 91.3 cm³/mol. The minimum atomic E-state index is -1.80. The van der Waals surface area contributed by atoms with Crippen molar-refractivity contribution in [2.75, 3.05) is 13.7 Å². The van der Waals surface area contributed by atoms with E-state index < -0.39 is 8.32 Å². The van der Waals surface area contributed by atoms with Gasteiger partial charge in [-0.15, -0.1) is 0 Å². The number of methoxy groups -OCH3 is 1. The lowest BCUT2D eigenvalue weighted by Crippen LogP contribution is -2.50. The van der Waals surface area contributed by atoms with Gasteiger partial charge in [0.25, 0.3) is 0 Å². The first-order valence-corrected chi connectivity index (χ1v) is 10.6. The molecular weight excluding hydrogens is 280 g/mol. The van der Waals surface area contributed by atoms with Gasteiger partial charge in [-0.1, -0.05) is 48.5 Å². The summed E-state index contributed by atoms with van der Waals surface area (Å²) in [6, 6.07) is 0. The minimum Gasteiger partial charge on any atom is -0.413 e. The van der Waals surface area contributed by atoms with E-state index in [9.17, 15) is 0 Å². The highest BCUT2D eigenvalue weighted by atomic mass is 28.4. The Labute approximate surface area is 132 Å². The maximum atomic E-state index is 6.66. The Balaban J connectivity index is 2.74. The highest BCUT2D eigenvalue weighted by molar-refractivity contribution is 6.77. The van der Waals surface area contributed by atoms with Crippen molar-refractivity contribution in [1.82, 2.24) is 0 Å². The first kappa shape index (κ1) is 19.1. The van der Waals surface area contributed by atoms with Gasteiger partial charge >= 0.3 is 0 Å². The molecule has 0 N–H and O–H groups in total. The molecule has 4 atom stereocenters. The van der Waals surface area contributed by atoms with Crippen molar-refractivity contribution in [2.45, 2.75) is 90.3 Å². The molecule has 1 aliphatic rings. The monoisotopic (exact) mass is 316 g/mol. The third-order valence-corrected chi connectivity index (χ3v) is 11.5. The number of rotatable bonds is 9. The Hall–Kier alpha value is 0.0969. The molecule has 0 aromatic heterocycles. The van der Waals surface area contributed by atoms with Crippen LogP contribution >= 0.6 is 0 Å². The van der Waals surface area contributed by atoms with Crippen LogP contribution in [0.4, 0.5) is 0 Å². The van der Waals surface area contributed by atoms with E-state index in [4.69, 9.17) is 13.9 Å². The van der Waals surface area contributed by atoms with Crippen LogP contribution < -0.4 is 0 Å². The fraction of sp³-hybridized carbons (Fsp3) is 1.00. The van der Waals surface area contributed by atoms with Crippen molar-refractivity contribution >= 4 is 8.32 Å². The van der Waals surface area contributed by atoms with E-state index in [1.54, 1.807) is 7.11 Å². The van der Waals surface area contributed by atoms with E-state index in [0.717, 1.165) is 0 Å². The third kappa shape index (κ3) is 4.09. The molecule has 3 nitrogen and oxygen atoms in total. The van der Waals surface area contributed by atoms with Gasteiger partial charge in [0.1, 0.15) is 0 Å². The molecule has 0 aromatic carbocycles. The van der Waals surface area contributed by atoms with Crippen molar-refractivity contribution in [3.8, 4) is 0 Å². The van der Waals surface area contributed by atoms with Crippen molar-refractivity contribution in [1.29, 1.82) is 0 Å². The average molecular weight is 317 g/mol. The molecule has 126 valence electrons. The van der Waals surface area contributed by atoms with Gasteiger partial charge in [0.15, 0.2) is 8.32 Å². The molecule has 0 radical (unpaired) electrons. The zero-order valence-electron chi connectivity index (χ0n) is 15.5. The van der Waals surface area contributed by atoms with Gasteiger partial charge in [-0.05, 0) is 23.5 Å². The van der Waals surface area contributed by atoms with E-state index in [0.29, 0.717) is 41.4 Å². The fourth-order valence-electron chi connectivity index (χ4n) is 4.13. The van der Waals surface area contributed by atoms with Crippen molar-refractivity contribution < 1.29 is 13.9 Å². The van der Waals surface area contributed by atoms with E-state index in [1.807, 2.05) is 0 Å². The molecule has 0 unspecified atom stereocenters. The van der Waals surface area contributed by atoms with Gasteiger partial charge in [-0.25, -0.2) is 0 Å². The SMILES string of the molecule is CO[C@@H](CO[Si](C(C)C)(C(C)C)C(C)C)[C@@H](C)[C@H]1O[C@@H]1C. The van der Waals surface area contributed by atoms with Crippen molar-refractivity contribution in [3.63, 3.8) is 0 Å². The highest BCUT2D eigenvalue weighted by Crippen LogP contribution is 2.42. The molecule has 0 aromatic rings. The molecule has 1 fully saturated rings. The van der Waals surface area contributed by atoms with Crippen molar-refractivity contribution in [2.24, 2.45) is 5.92 Å². The summed E-state index contributed by atoms with van der Waals surface area (Å²) in [6.45, 7) is 19.0. The molecule has 0 amide bonds.